The predicted octanol–water partition coefficient (Wildman–Crippen LogP) is 3.35. The third-order valence-electron chi connectivity index (χ3n) is 6.93. The molecule has 0 spiro atoms. The Labute approximate surface area is 207 Å². The van der Waals surface area contributed by atoms with Gasteiger partial charge in [-0.1, -0.05) is 25.1 Å². The fourth-order valence-electron chi connectivity index (χ4n) is 5.06. The Bertz CT molecular complexity index is 1040. The van der Waals surface area contributed by atoms with Gasteiger partial charge in [-0.15, -0.1) is 0 Å². The molecule has 2 heterocycles. The number of hydrogen-bond acceptors (Lipinski definition) is 6. The van der Waals surface area contributed by atoms with Crippen molar-refractivity contribution in [3.8, 4) is 17.2 Å². The van der Waals surface area contributed by atoms with Crippen molar-refractivity contribution in [2.24, 2.45) is 0 Å². The molecule has 0 radical (unpaired) electrons. The number of nitrogens with zero attached hydrogens (tertiary/aromatic N) is 3. The van der Waals surface area contributed by atoms with Crippen molar-refractivity contribution >= 4 is 11.8 Å². The van der Waals surface area contributed by atoms with E-state index in [1.807, 2.05) is 41.3 Å². The van der Waals surface area contributed by atoms with E-state index in [0.717, 1.165) is 37.2 Å². The summed E-state index contributed by atoms with van der Waals surface area (Å²) < 4.78 is 16.6. The monoisotopic (exact) mass is 481 g/mol. The number of piperazine rings is 1. The lowest BCUT2D eigenvalue weighted by molar-refractivity contribution is -0.134. The largest absolute Gasteiger partial charge is 0.493 e. The van der Waals surface area contributed by atoms with Crippen LogP contribution >= 0.6 is 0 Å². The van der Waals surface area contributed by atoms with Crippen LogP contribution in [0.5, 0.6) is 17.2 Å². The number of ether oxygens (including phenoxy) is 3. The number of benzene rings is 2. The molecule has 2 aromatic rings. The first-order chi connectivity index (χ1) is 17.0. The van der Waals surface area contributed by atoms with E-state index in [9.17, 15) is 9.59 Å². The third kappa shape index (κ3) is 5.07. The second-order valence-corrected chi connectivity index (χ2v) is 8.99. The van der Waals surface area contributed by atoms with E-state index < -0.39 is 6.04 Å². The topological polar surface area (TPSA) is 71.6 Å². The summed E-state index contributed by atoms with van der Waals surface area (Å²) in [6, 6.07) is 10.8. The standard InChI is InChI=1S/C27H35N3O5/c1-5-10-28-11-13-29(14-12-28)25(31)17-22(30-18-19-8-6-7-9-21(19)27(30)32)20-15-23(33-2)26(35-4)24(16-20)34-3/h6-9,15-16,22H,5,10-14,17-18H2,1-4H3/t22-/m1/s1. The number of amides is 2. The van der Waals surface area contributed by atoms with Crippen LogP contribution in [-0.4, -0.2) is 80.6 Å². The van der Waals surface area contributed by atoms with E-state index in [1.54, 1.807) is 26.2 Å². The minimum absolute atomic E-state index is 0.0451. The molecule has 2 aliphatic heterocycles. The Kier molecular flexibility index (Phi) is 7.80. The zero-order valence-electron chi connectivity index (χ0n) is 21.1. The molecule has 0 bridgehead atoms. The fourth-order valence-corrected chi connectivity index (χ4v) is 5.06. The van der Waals surface area contributed by atoms with Gasteiger partial charge in [0, 0.05) is 38.3 Å². The van der Waals surface area contributed by atoms with Gasteiger partial charge in [0.1, 0.15) is 0 Å². The number of carbonyl (C=O) groups is 2. The van der Waals surface area contributed by atoms with Crippen molar-refractivity contribution in [1.82, 2.24) is 14.7 Å². The molecule has 0 N–H and O–H groups in total. The molecular weight excluding hydrogens is 446 g/mol. The highest BCUT2D eigenvalue weighted by molar-refractivity contribution is 5.99. The SMILES string of the molecule is CCCN1CCN(C(=O)C[C@H](c2cc(OC)c(OC)c(OC)c2)N2Cc3ccccc3C2=O)CC1. The van der Waals surface area contributed by atoms with Gasteiger partial charge >= 0.3 is 0 Å². The second kappa shape index (κ2) is 11.0. The number of fused-ring (bicyclic) bond motifs is 1. The Hall–Kier alpha value is -3.26. The second-order valence-electron chi connectivity index (χ2n) is 8.99. The van der Waals surface area contributed by atoms with Gasteiger partial charge in [-0.2, -0.15) is 0 Å². The maximum atomic E-state index is 13.5. The number of methoxy groups -OCH3 is 3. The van der Waals surface area contributed by atoms with E-state index >= 15 is 0 Å². The van der Waals surface area contributed by atoms with Gasteiger partial charge in [-0.05, 0) is 42.3 Å². The van der Waals surface area contributed by atoms with E-state index in [2.05, 4.69) is 11.8 Å². The number of carbonyl (C=O) groups excluding carboxylic acids is 2. The highest BCUT2D eigenvalue weighted by atomic mass is 16.5. The molecule has 0 unspecified atom stereocenters. The van der Waals surface area contributed by atoms with Crippen LogP contribution in [0.4, 0.5) is 0 Å². The van der Waals surface area contributed by atoms with Gasteiger partial charge in [0.25, 0.3) is 5.91 Å². The molecule has 1 atom stereocenters. The van der Waals surface area contributed by atoms with E-state index in [1.165, 1.54) is 0 Å². The van der Waals surface area contributed by atoms with Crippen LogP contribution < -0.4 is 14.2 Å². The zero-order chi connectivity index (χ0) is 24.9. The molecule has 1 saturated heterocycles. The summed E-state index contributed by atoms with van der Waals surface area (Å²) >= 11 is 0. The van der Waals surface area contributed by atoms with Gasteiger partial charge in [-0.25, -0.2) is 0 Å². The Morgan fingerprint density at radius 3 is 2.20 bits per heavy atom. The molecule has 0 aliphatic carbocycles. The molecule has 4 rings (SSSR count). The van der Waals surface area contributed by atoms with E-state index in [4.69, 9.17) is 14.2 Å². The van der Waals surface area contributed by atoms with Crippen molar-refractivity contribution in [2.75, 3.05) is 54.1 Å². The lowest BCUT2D eigenvalue weighted by Crippen LogP contribution is -2.49. The van der Waals surface area contributed by atoms with Crippen molar-refractivity contribution in [1.29, 1.82) is 0 Å². The molecule has 1 fully saturated rings. The third-order valence-corrected chi connectivity index (χ3v) is 6.93. The van der Waals surface area contributed by atoms with Gasteiger partial charge in [0.05, 0.1) is 33.8 Å². The van der Waals surface area contributed by atoms with Crippen LogP contribution in [0.2, 0.25) is 0 Å². The van der Waals surface area contributed by atoms with Gasteiger partial charge in [0.15, 0.2) is 11.5 Å². The van der Waals surface area contributed by atoms with Crippen molar-refractivity contribution in [3.63, 3.8) is 0 Å². The summed E-state index contributed by atoms with van der Waals surface area (Å²) in [7, 11) is 4.68. The fraction of sp³-hybridized carbons (Fsp3) is 0.481. The normalized spacial score (nSPS) is 16.7. The number of hydrogen-bond donors (Lipinski definition) is 0. The van der Waals surface area contributed by atoms with Crippen LogP contribution in [0, 0.1) is 0 Å². The minimum atomic E-state index is -0.468. The molecule has 0 saturated carbocycles. The van der Waals surface area contributed by atoms with E-state index in [-0.39, 0.29) is 18.2 Å². The highest BCUT2D eigenvalue weighted by Gasteiger charge is 2.36. The molecule has 188 valence electrons. The smallest absolute Gasteiger partial charge is 0.255 e. The Balaban J connectivity index is 1.65. The predicted molar refractivity (Wildman–Crippen MR) is 133 cm³/mol. The van der Waals surface area contributed by atoms with Crippen LogP contribution in [0.25, 0.3) is 0 Å². The average Bonchev–Trinajstić information content (AvgIpc) is 3.22. The van der Waals surface area contributed by atoms with Crippen molar-refractivity contribution in [3.05, 3.63) is 53.1 Å². The summed E-state index contributed by atoms with van der Waals surface area (Å²) in [5, 5.41) is 0. The maximum absolute atomic E-state index is 13.5. The molecular formula is C27H35N3O5. The average molecular weight is 482 g/mol. The molecule has 8 heteroatoms. The molecule has 0 aromatic heterocycles. The molecule has 2 aliphatic rings. The molecule has 2 amide bonds. The molecule has 2 aromatic carbocycles. The summed E-state index contributed by atoms with van der Waals surface area (Å²) in [6.07, 6.45) is 1.29. The first kappa shape index (κ1) is 24.9. The zero-order valence-corrected chi connectivity index (χ0v) is 21.1. The van der Waals surface area contributed by atoms with Crippen molar-refractivity contribution < 1.29 is 23.8 Å². The highest BCUT2D eigenvalue weighted by Crippen LogP contribution is 2.43. The molecule has 8 nitrogen and oxygen atoms in total. The maximum Gasteiger partial charge on any atom is 0.255 e. The lowest BCUT2D eigenvalue weighted by Gasteiger charge is -2.36. The Morgan fingerprint density at radius 2 is 1.63 bits per heavy atom. The molecule has 35 heavy (non-hydrogen) atoms. The quantitative estimate of drug-likeness (QED) is 0.547. The van der Waals surface area contributed by atoms with Crippen LogP contribution in [0.1, 0.15) is 47.3 Å². The van der Waals surface area contributed by atoms with E-state index in [0.29, 0.717) is 42.4 Å². The summed E-state index contributed by atoms with van der Waals surface area (Å²) in [5.74, 6) is 1.45. The Morgan fingerprint density at radius 1 is 0.971 bits per heavy atom. The summed E-state index contributed by atoms with van der Waals surface area (Å²) in [6.45, 7) is 6.84. The van der Waals surface area contributed by atoms with Gasteiger partial charge in [0.2, 0.25) is 11.7 Å². The van der Waals surface area contributed by atoms with Gasteiger partial charge in [-0.3, -0.25) is 14.5 Å². The lowest BCUT2D eigenvalue weighted by atomic mass is 9.99. The van der Waals surface area contributed by atoms with Gasteiger partial charge < -0.3 is 24.0 Å². The van der Waals surface area contributed by atoms with Crippen LogP contribution in [0.3, 0.4) is 0 Å². The van der Waals surface area contributed by atoms with Crippen LogP contribution in [0.15, 0.2) is 36.4 Å². The first-order valence-corrected chi connectivity index (χ1v) is 12.2. The summed E-state index contributed by atoms with van der Waals surface area (Å²) in [5.41, 5.74) is 2.43. The first-order valence-electron chi connectivity index (χ1n) is 12.2. The number of rotatable bonds is 9. The minimum Gasteiger partial charge on any atom is -0.493 e. The van der Waals surface area contributed by atoms with Crippen LogP contribution in [-0.2, 0) is 11.3 Å². The van der Waals surface area contributed by atoms with Crippen molar-refractivity contribution in [2.45, 2.75) is 32.4 Å². The summed E-state index contributed by atoms with van der Waals surface area (Å²) in [4.78, 5) is 33.0.